The van der Waals surface area contributed by atoms with Crippen LogP contribution in [0.15, 0.2) is 47.4 Å². The first-order valence-corrected chi connectivity index (χ1v) is 8.48. The Kier molecular flexibility index (Phi) is 3.96. The van der Waals surface area contributed by atoms with Crippen LogP contribution in [0, 0.1) is 6.92 Å². The average Bonchev–Trinajstić information content (AvgIpc) is 2.70. The first-order valence-electron chi connectivity index (χ1n) is 7.00. The number of esters is 1. The zero-order valence-electron chi connectivity index (χ0n) is 12.4. The highest BCUT2D eigenvalue weighted by atomic mass is 32.2. The maximum absolute atomic E-state index is 12.5. The van der Waals surface area contributed by atoms with Crippen molar-refractivity contribution in [2.75, 3.05) is 17.9 Å². The summed E-state index contributed by atoms with van der Waals surface area (Å²) in [5.41, 5.74) is 1.17. The molecule has 2 aromatic rings. The average molecular weight is 333 g/mol. The van der Waals surface area contributed by atoms with E-state index in [0.717, 1.165) is 5.56 Å². The molecule has 0 amide bonds. The number of anilines is 1. The van der Waals surface area contributed by atoms with Crippen LogP contribution in [0.25, 0.3) is 0 Å². The van der Waals surface area contributed by atoms with Crippen molar-refractivity contribution in [3.05, 3.63) is 53.6 Å². The Morgan fingerprint density at radius 2 is 1.70 bits per heavy atom. The summed E-state index contributed by atoms with van der Waals surface area (Å²) in [4.78, 5) is 12.2. The van der Waals surface area contributed by atoms with Gasteiger partial charge >= 0.3 is 5.97 Å². The molecule has 3 rings (SSSR count). The Hall–Kier alpha value is -2.54. The Morgan fingerprint density at radius 3 is 2.43 bits per heavy atom. The quantitative estimate of drug-likeness (QED) is 0.872. The van der Waals surface area contributed by atoms with Crippen molar-refractivity contribution >= 4 is 21.7 Å². The lowest BCUT2D eigenvalue weighted by Gasteiger charge is -2.13. The number of sulfonamides is 1. The molecule has 2 aromatic carbocycles. The van der Waals surface area contributed by atoms with Crippen molar-refractivity contribution in [1.29, 1.82) is 0 Å². The molecule has 120 valence electrons. The van der Waals surface area contributed by atoms with Crippen LogP contribution in [0.4, 0.5) is 5.69 Å². The van der Waals surface area contributed by atoms with Crippen LogP contribution in [0.1, 0.15) is 15.9 Å². The number of ether oxygens (including phenoxy) is 2. The van der Waals surface area contributed by atoms with E-state index in [1.54, 1.807) is 24.3 Å². The zero-order valence-corrected chi connectivity index (χ0v) is 13.2. The minimum atomic E-state index is -3.81. The van der Waals surface area contributed by atoms with E-state index in [4.69, 9.17) is 9.47 Å². The van der Waals surface area contributed by atoms with Gasteiger partial charge in [0.2, 0.25) is 0 Å². The van der Waals surface area contributed by atoms with Gasteiger partial charge in [-0.15, -0.1) is 0 Å². The third kappa shape index (κ3) is 3.14. The Morgan fingerprint density at radius 1 is 1.00 bits per heavy atom. The van der Waals surface area contributed by atoms with Gasteiger partial charge in [-0.1, -0.05) is 23.8 Å². The van der Waals surface area contributed by atoms with Crippen molar-refractivity contribution in [2.45, 2.75) is 11.8 Å². The fourth-order valence-corrected chi connectivity index (χ4v) is 3.30. The van der Waals surface area contributed by atoms with E-state index in [9.17, 15) is 13.2 Å². The predicted octanol–water partition coefficient (Wildman–Crippen LogP) is 2.35. The molecule has 0 atom stereocenters. The Labute approximate surface area is 134 Å². The summed E-state index contributed by atoms with van der Waals surface area (Å²) >= 11 is 0. The van der Waals surface area contributed by atoms with Gasteiger partial charge in [0.25, 0.3) is 10.0 Å². The molecule has 0 spiro atoms. The minimum absolute atomic E-state index is 0.0840. The van der Waals surface area contributed by atoms with Crippen LogP contribution in [0.3, 0.4) is 0 Å². The van der Waals surface area contributed by atoms with Gasteiger partial charge in [0, 0.05) is 0 Å². The first-order chi connectivity index (χ1) is 11.0. The summed E-state index contributed by atoms with van der Waals surface area (Å²) < 4.78 is 37.8. The minimum Gasteiger partial charge on any atom is -0.489 e. The lowest BCUT2D eigenvalue weighted by atomic mass is 10.1. The molecule has 6 nitrogen and oxygen atoms in total. The van der Waals surface area contributed by atoms with E-state index < -0.39 is 16.0 Å². The SMILES string of the molecule is Cc1ccc(S(=O)(=O)Nc2cccc3c2C(=O)OCCO3)cc1. The lowest BCUT2D eigenvalue weighted by molar-refractivity contribution is 0.0493. The number of aryl methyl sites for hydroxylation is 1. The van der Waals surface area contributed by atoms with Crippen molar-refractivity contribution in [3.63, 3.8) is 0 Å². The first kappa shape index (κ1) is 15.4. The van der Waals surface area contributed by atoms with Crippen molar-refractivity contribution in [1.82, 2.24) is 0 Å². The van der Waals surface area contributed by atoms with Gasteiger partial charge in [-0.2, -0.15) is 0 Å². The van der Waals surface area contributed by atoms with Crippen LogP contribution < -0.4 is 9.46 Å². The number of nitrogens with one attached hydrogen (secondary N) is 1. The normalized spacial score (nSPS) is 14.2. The predicted molar refractivity (Wildman–Crippen MR) is 84.2 cm³/mol. The second-order valence-corrected chi connectivity index (χ2v) is 6.76. The molecule has 0 bridgehead atoms. The zero-order chi connectivity index (χ0) is 16.4. The highest BCUT2D eigenvalue weighted by Gasteiger charge is 2.25. The van der Waals surface area contributed by atoms with E-state index in [-0.39, 0.29) is 29.4 Å². The van der Waals surface area contributed by atoms with Crippen molar-refractivity contribution in [3.8, 4) is 5.75 Å². The molecule has 0 unspecified atom stereocenters. The second kappa shape index (κ2) is 5.92. The molecule has 1 N–H and O–H groups in total. The fraction of sp³-hybridized carbons (Fsp3) is 0.188. The molecule has 0 aromatic heterocycles. The molecule has 0 fully saturated rings. The highest BCUT2D eigenvalue weighted by Crippen LogP contribution is 2.30. The van der Waals surface area contributed by atoms with Crippen molar-refractivity contribution in [2.24, 2.45) is 0 Å². The van der Waals surface area contributed by atoms with Gasteiger partial charge in [0.05, 0.1) is 10.6 Å². The van der Waals surface area contributed by atoms with Gasteiger partial charge in [-0.25, -0.2) is 13.2 Å². The third-order valence-corrected chi connectivity index (χ3v) is 4.76. The smallest absolute Gasteiger partial charge is 0.344 e. The molecule has 1 aliphatic rings. The van der Waals surface area contributed by atoms with Gasteiger partial charge in [0.15, 0.2) is 0 Å². The molecular weight excluding hydrogens is 318 g/mol. The number of carbonyl (C=O) groups is 1. The number of carbonyl (C=O) groups excluding carboxylic acids is 1. The largest absolute Gasteiger partial charge is 0.489 e. The summed E-state index contributed by atoms with van der Waals surface area (Å²) in [7, 11) is -3.81. The summed E-state index contributed by atoms with van der Waals surface area (Å²) in [6, 6.07) is 11.1. The van der Waals surface area contributed by atoms with Gasteiger partial charge in [-0.05, 0) is 31.2 Å². The van der Waals surface area contributed by atoms with Gasteiger partial charge < -0.3 is 9.47 Å². The molecule has 1 heterocycles. The van der Waals surface area contributed by atoms with E-state index in [1.807, 2.05) is 6.92 Å². The van der Waals surface area contributed by atoms with E-state index >= 15 is 0 Å². The van der Waals surface area contributed by atoms with Crippen molar-refractivity contribution < 1.29 is 22.7 Å². The summed E-state index contributed by atoms with van der Waals surface area (Å²) in [6.07, 6.45) is 0. The molecular formula is C16H15NO5S. The maximum atomic E-state index is 12.5. The van der Waals surface area contributed by atoms with E-state index in [0.29, 0.717) is 5.75 Å². The maximum Gasteiger partial charge on any atom is 0.344 e. The van der Waals surface area contributed by atoms with Crippen LogP contribution in [0.2, 0.25) is 0 Å². The lowest BCUT2D eigenvalue weighted by Crippen LogP contribution is -2.16. The highest BCUT2D eigenvalue weighted by molar-refractivity contribution is 7.92. The van der Waals surface area contributed by atoms with E-state index in [1.165, 1.54) is 18.2 Å². The van der Waals surface area contributed by atoms with Gasteiger partial charge in [0.1, 0.15) is 24.5 Å². The molecule has 23 heavy (non-hydrogen) atoms. The Balaban J connectivity index is 2.00. The molecule has 1 aliphatic heterocycles. The number of fused-ring (bicyclic) bond motifs is 1. The molecule has 0 saturated heterocycles. The molecule has 7 heteroatoms. The molecule has 0 aliphatic carbocycles. The third-order valence-electron chi connectivity index (χ3n) is 3.38. The Bertz CT molecular complexity index is 843. The number of rotatable bonds is 3. The summed E-state index contributed by atoms with van der Waals surface area (Å²) in [6.45, 7) is 2.22. The van der Waals surface area contributed by atoms with E-state index in [2.05, 4.69) is 4.72 Å². The molecule has 0 saturated carbocycles. The fourth-order valence-electron chi connectivity index (χ4n) is 2.23. The summed E-state index contributed by atoms with van der Waals surface area (Å²) in [5.74, 6) is -0.309. The summed E-state index contributed by atoms with van der Waals surface area (Å²) in [5, 5.41) is 0. The topological polar surface area (TPSA) is 81.7 Å². The van der Waals surface area contributed by atoms with Crippen LogP contribution >= 0.6 is 0 Å². The number of cyclic esters (lactones) is 1. The number of hydrogen-bond donors (Lipinski definition) is 1. The van der Waals surface area contributed by atoms with Crippen LogP contribution in [-0.2, 0) is 14.8 Å². The van der Waals surface area contributed by atoms with Crippen LogP contribution in [0.5, 0.6) is 5.75 Å². The molecule has 0 radical (unpaired) electrons. The van der Waals surface area contributed by atoms with Gasteiger partial charge in [-0.3, -0.25) is 4.72 Å². The number of benzene rings is 2. The second-order valence-electron chi connectivity index (χ2n) is 5.08. The van der Waals surface area contributed by atoms with Crippen LogP contribution in [-0.4, -0.2) is 27.6 Å². The standard InChI is InChI=1S/C16H15NO5S/c1-11-5-7-12(8-6-11)23(19,20)17-13-3-2-4-14-15(13)16(18)22-10-9-21-14/h2-8,17H,9-10H2,1H3. The number of hydrogen-bond acceptors (Lipinski definition) is 5. The monoisotopic (exact) mass is 333 g/mol.